The molecular weight excluding hydrogens is 336 g/mol. The molecule has 0 spiro atoms. The Hall–Kier alpha value is -3.66. The summed E-state index contributed by atoms with van der Waals surface area (Å²) in [5, 5.41) is 8.33. The van der Waals surface area contributed by atoms with E-state index in [0.29, 0.717) is 5.75 Å². The van der Waals surface area contributed by atoms with Gasteiger partial charge in [0.25, 0.3) is 5.91 Å². The molecule has 0 atom stereocenters. The van der Waals surface area contributed by atoms with E-state index in [1.165, 1.54) is 0 Å². The lowest BCUT2D eigenvalue weighted by Gasteiger charge is -2.08. The molecule has 1 N–H and O–H groups in total. The maximum Gasteiger partial charge on any atom is 0.277 e. The van der Waals surface area contributed by atoms with Crippen molar-refractivity contribution in [2.24, 2.45) is 5.10 Å². The Kier molecular flexibility index (Phi) is 4.79. The molecule has 0 fully saturated rings. The number of nitrogens with zero attached hydrogens (tertiary/aromatic N) is 1. The van der Waals surface area contributed by atoms with Crippen molar-refractivity contribution in [3.05, 3.63) is 90.5 Å². The second-order valence-electron chi connectivity index (χ2n) is 6.13. The molecule has 0 heterocycles. The number of amides is 1. The normalized spacial score (nSPS) is 11.1. The van der Waals surface area contributed by atoms with Crippen LogP contribution >= 0.6 is 0 Å². The van der Waals surface area contributed by atoms with Crippen LogP contribution in [0.25, 0.3) is 21.5 Å². The maximum atomic E-state index is 12.1. The van der Waals surface area contributed by atoms with Gasteiger partial charge in [0.15, 0.2) is 6.61 Å². The van der Waals surface area contributed by atoms with Crippen molar-refractivity contribution >= 4 is 33.7 Å². The van der Waals surface area contributed by atoms with Crippen LogP contribution in [-0.2, 0) is 4.79 Å². The number of benzene rings is 4. The highest BCUT2D eigenvalue weighted by Gasteiger charge is 2.05. The van der Waals surface area contributed by atoms with Crippen molar-refractivity contribution in [3.63, 3.8) is 0 Å². The molecular formula is C23H18N2O2. The average molecular weight is 354 g/mol. The first-order valence-electron chi connectivity index (χ1n) is 8.71. The fourth-order valence-corrected chi connectivity index (χ4v) is 3.03. The lowest BCUT2D eigenvalue weighted by molar-refractivity contribution is -0.123. The van der Waals surface area contributed by atoms with E-state index in [1.807, 2.05) is 84.9 Å². The van der Waals surface area contributed by atoms with Gasteiger partial charge in [-0.05, 0) is 22.2 Å². The second kappa shape index (κ2) is 7.70. The van der Waals surface area contributed by atoms with E-state index in [2.05, 4.69) is 10.5 Å². The van der Waals surface area contributed by atoms with Crippen LogP contribution in [0, 0.1) is 0 Å². The third kappa shape index (κ3) is 3.80. The number of hydrogen-bond donors (Lipinski definition) is 1. The van der Waals surface area contributed by atoms with Crippen LogP contribution in [0.1, 0.15) is 5.56 Å². The Labute approximate surface area is 157 Å². The fourth-order valence-electron chi connectivity index (χ4n) is 3.03. The maximum absolute atomic E-state index is 12.1. The first-order chi connectivity index (χ1) is 13.3. The van der Waals surface area contributed by atoms with Gasteiger partial charge in [-0.2, -0.15) is 5.10 Å². The van der Waals surface area contributed by atoms with Crippen LogP contribution in [0.15, 0.2) is 90.0 Å². The standard InChI is InChI=1S/C23H18N2O2/c26-23(16-27-22-14-6-10-18-8-2-4-13-21(18)22)25-24-15-19-11-5-9-17-7-1-3-12-20(17)19/h1-15H,16H2,(H,25,26)/b24-15+. The number of carbonyl (C=O) groups is 1. The zero-order valence-electron chi connectivity index (χ0n) is 14.6. The Bertz CT molecular complexity index is 1120. The molecule has 132 valence electrons. The summed E-state index contributed by atoms with van der Waals surface area (Å²) in [6.45, 7) is -0.0963. The van der Waals surface area contributed by atoms with Crippen molar-refractivity contribution in [3.8, 4) is 5.75 Å². The molecule has 0 aliphatic heterocycles. The summed E-state index contributed by atoms with van der Waals surface area (Å²) in [7, 11) is 0. The quantitative estimate of drug-likeness (QED) is 0.423. The summed E-state index contributed by atoms with van der Waals surface area (Å²) in [6, 6.07) is 27.7. The molecule has 4 nitrogen and oxygen atoms in total. The van der Waals surface area contributed by atoms with Crippen LogP contribution in [0.4, 0.5) is 0 Å². The Morgan fingerprint density at radius 3 is 2.26 bits per heavy atom. The first kappa shape index (κ1) is 16.8. The van der Waals surface area contributed by atoms with E-state index >= 15 is 0 Å². The van der Waals surface area contributed by atoms with E-state index in [-0.39, 0.29) is 12.5 Å². The van der Waals surface area contributed by atoms with Crippen LogP contribution in [0.5, 0.6) is 5.75 Å². The van der Waals surface area contributed by atoms with E-state index in [1.54, 1.807) is 6.21 Å². The van der Waals surface area contributed by atoms with E-state index in [0.717, 1.165) is 27.1 Å². The van der Waals surface area contributed by atoms with Gasteiger partial charge in [0.1, 0.15) is 5.75 Å². The monoisotopic (exact) mass is 354 g/mol. The number of fused-ring (bicyclic) bond motifs is 2. The molecule has 0 aromatic heterocycles. The van der Waals surface area contributed by atoms with Crippen molar-refractivity contribution in [2.45, 2.75) is 0 Å². The predicted molar refractivity (Wildman–Crippen MR) is 109 cm³/mol. The average Bonchev–Trinajstić information content (AvgIpc) is 2.72. The van der Waals surface area contributed by atoms with Gasteiger partial charge in [0.05, 0.1) is 6.21 Å². The highest BCUT2D eigenvalue weighted by Crippen LogP contribution is 2.24. The van der Waals surface area contributed by atoms with Gasteiger partial charge in [-0.25, -0.2) is 5.43 Å². The fraction of sp³-hybridized carbons (Fsp3) is 0.0435. The smallest absolute Gasteiger partial charge is 0.277 e. The zero-order chi connectivity index (χ0) is 18.5. The van der Waals surface area contributed by atoms with Gasteiger partial charge in [-0.3, -0.25) is 4.79 Å². The topological polar surface area (TPSA) is 50.7 Å². The van der Waals surface area contributed by atoms with E-state index in [4.69, 9.17) is 4.74 Å². The van der Waals surface area contributed by atoms with Gasteiger partial charge >= 0.3 is 0 Å². The van der Waals surface area contributed by atoms with Crippen LogP contribution < -0.4 is 10.2 Å². The largest absolute Gasteiger partial charge is 0.483 e. The molecule has 0 aliphatic rings. The van der Waals surface area contributed by atoms with Crippen LogP contribution in [-0.4, -0.2) is 18.7 Å². The minimum absolute atomic E-state index is 0.0963. The minimum Gasteiger partial charge on any atom is -0.483 e. The minimum atomic E-state index is -0.306. The number of carbonyl (C=O) groups excluding carboxylic acids is 1. The van der Waals surface area contributed by atoms with E-state index in [9.17, 15) is 4.79 Å². The molecule has 4 aromatic carbocycles. The molecule has 27 heavy (non-hydrogen) atoms. The molecule has 4 rings (SSSR count). The molecule has 4 heteroatoms. The van der Waals surface area contributed by atoms with Crippen molar-refractivity contribution in [1.82, 2.24) is 5.43 Å². The SMILES string of the molecule is O=C(COc1cccc2ccccc12)N/N=C/c1cccc2ccccc12. The highest BCUT2D eigenvalue weighted by atomic mass is 16.5. The van der Waals surface area contributed by atoms with Gasteiger partial charge < -0.3 is 4.74 Å². The van der Waals surface area contributed by atoms with Gasteiger partial charge in [0.2, 0.25) is 0 Å². The predicted octanol–water partition coefficient (Wildman–Crippen LogP) is 4.52. The molecule has 0 saturated carbocycles. The summed E-state index contributed by atoms with van der Waals surface area (Å²) in [5.74, 6) is 0.376. The third-order valence-corrected chi connectivity index (χ3v) is 4.32. The summed E-state index contributed by atoms with van der Waals surface area (Å²) in [5.41, 5.74) is 3.47. The second-order valence-corrected chi connectivity index (χ2v) is 6.13. The number of hydrogen-bond acceptors (Lipinski definition) is 3. The Morgan fingerprint density at radius 1 is 0.815 bits per heavy atom. The van der Waals surface area contributed by atoms with Crippen molar-refractivity contribution in [1.29, 1.82) is 0 Å². The lowest BCUT2D eigenvalue weighted by Crippen LogP contribution is -2.24. The molecule has 0 bridgehead atoms. The highest BCUT2D eigenvalue weighted by molar-refractivity contribution is 6.00. The first-order valence-corrected chi connectivity index (χ1v) is 8.71. The van der Waals surface area contributed by atoms with Crippen LogP contribution in [0.3, 0.4) is 0 Å². The van der Waals surface area contributed by atoms with Crippen molar-refractivity contribution in [2.75, 3.05) is 6.61 Å². The van der Waals surface area contributed by atoms with Crippen LogP contribution in [0.2, 0.25) is 0 Å². The summed E-state index contributed by atoms with van der Waals surface area (Å²) < 4.78 is 5.67. The zero-order valence-corrected chi connectivity index (χ0v) is 14.6. The number of hydrazone groups is 1. The summed E-state index contributed by atoms with van der Waals surface area (Å²) in [4.78, 5) is 12.1. The summed E-state index contributed by atoms with van der Waals surface area (Å²) in [6.07, 6.45) is 1.65. The molecule has 4 aromatic rings. The van der Waals surface area contributed by atoms with Gasteiger partial charge in [-0.15, -0.1) is 0 Å². The Balaban J connectivity index is 1.40. The molecule has 0 aliphatic carbocycles. The molecule has 0 saturated heterocycles. The third-order valence-electron chi connectivity index (χ3n) is 4.32. The molecule has 0 unspecified atom stereocenters. The van der Waals surface area contributed by atoms with Gasteiger partial charge in [0, 0.05) is 10.9 Å². The summed E-state index contributed by atoms with van der Waals surface area (Å²) >= 11 is 0. The van der Waals surface area contributed by atoms with Crippen molar-refractivity contribution < 1.29 is 9.53 Å². The van der Waals surface area contributed by atoms with Gasteiger partial charge in [-0.1, -0.05) is 78.9 Å². The molecule has 0 radical (unpaired) electrons. The number of ether oxygens (including phenoxy) is 1. The number of rotatable bonds is 5. The van der Waals surface area contributed by atoms with E-state index < -0.39 is 0 Å². The Morgan fingerprint density at radius 2 is 1.44 bits per heavy atom. The molecule has 1 amide bonds. The lowest BCUT2D eigenvalue weighted by atomic mass is 10.1. The number of nitrogens with one attached hydrogen (secondary N) is 1.